The molecule has 0 saturated heterocycles. The molecule has 100 valence electrons. The maximum atomic E-state index is 12.1. The lowest BCUT2D eigenvalue weighted by Crippen LogP contribution is -2.14. The van der Waals surface area contributed by atoms with E-state index in [-0.39, 0.29) is 18.5 Å². The first-order valence-corrected chi connectivity index (χ1v) is 5.99. The number of aliphatic hydroxyl groups excluding tert-OH is 1. The van der Waals surface area contributed by atoms with Crippen molar-refractivity contribution in [2.45, 2.75) is 6.92 Å². The molecule has 1 aromatic carbocycles. The molecule has 0 aliphatic rings. The fourth-order valence-corrected chi connectivity index (χ4v) is 1.57. The summed E-state index contributed by atoms with van der Waals surface area (Å²) in [6.07, 6.45) is 3.10. The van der Waals surface area contributed by atoms with E-state index in [1.54, 1.807) is 30.6 Å². The van der Waals surface area contributed by atoms with Crippen molar-refractivity contribution in [1.82, 2.24) is 9.97 Å². The lowest BCUT2D eigenvalue weighted by atomic mass is 10.0. The van der Waals surface area contributed by atoms with Crippen LogP contribution >= 0.6 is 0 Å². The fraction of sp³-hybridized carbons (Fsp3) is 0.133. The Balaban J connectivity index is 2.22. The van der Waals surface area contributed by atoms with E-state index in [4.69, 9.17) is 5.11 Å². The first-order valence-electron chi connectivity index (χ1n) is 5.99. The highest BCUT2D eigenvalue weighted by Crippen LogP contribution is 2.11. The van der Waals surface area contributed by atoms with E-state index in [1.807, 2.05) is 13.0 Å². The van der Waals surface area contributed by atoms with Crippen molar-refractivity contribution in [3.05, 3.63) is 53.3 Å². The lowest BCUT2D eigenvalue weighted by Gasteiger charge is -2.05. The molecule has 0 spiro atoms. The third-order valence-electron chi connectivity index (χ3n) is 2.59. The quantitative estimate of drug-likeness (QED) is 0.806. The van der Waals surface area contributed by atoms with Gasteiger partial charge in [-0.1, -0.05) is 17.9 Å². The van der Waals surface area contributed by atoms with Crippen LogP contribution in [-0.2, 0) is 0 Å². The largest absolute Gasteiger partial charge is 0.384 e. The molecule has 0 bridgehead atoms. The second-order valence-electron chi connectivity index (χ2n) is 4.02. The van der Waals surface area contributed by atoms with E-state index in [2.05, 4.69) is 27.1 Å². The molecule has 2 rings (SSSR count). The Morgan fingerprint density at radius 1 is 1.35 bits per heavy atom. The highest BCUT2D eigenvalue weighted by atomic mass is 16.2. The van der Waals surface area contributed by atoms with Gasteiger partial charge in [-0.25, -0.2) is 9.97 Å². The van der Waals surface area contributed by atoms with E-state index >= 15 is 0 Å². The summed E-state index contributed by atoms with van der Waals surface area (Å²) in [6.45, 7) is 1.68. The second kappa shape index (κ2) is 6.45. The number of carbonyl (C=O) groups excluding carboxylic acids is 1. The smallest absolute Gasteiger partial charge is 0.258 e. The van der Waals surface area contributed by atoms with E-state index in [9.17, 15) is 4.79 Å². The SMILES string of the molecule is Cc1ccc(C(=O)Nc2ncccn2)cc1C#CCO. The molecule has 0 fully saturated rings. The van der Waals surface area contributed by atoms with Gasteiger partial charge in [0.05, 0.1) is 0 Å². The molecular formula is C15H13N3O2. The van der Waals surface area contributed by atoms with Gasteiger partial charge in [0.15, 0.2) is 0 Å². The molecule has 0 saturated carbocycles. The highest BCUT2D eigenvalue weighted by molar-refractivity contribution is 6.03. The number of anilines is 1. The predicted molar refractivity (Wildman–Crippen MR) is 75.1 cm³/mol. The van der Waals surface area contributed by atoms with Crippen LogP contribution in [0.25, 0.3) is 0 Å². The van der Waals surface area contributed by atoms with Crippen molar-refractivity contribution >= 4 is 11.9 Å². The number of aromatic nitrogens is 2. The number of hydrogen-bond acceptors (Lipinski definition) is 4. The van der Waals surface area contributed by atoms with E-state index in [0.29, 0.717) is 11.1 Å². The van der Waals surface area contributed by atoms with Crippen LogP contribution in [0.2, 0.25) is 0 Å². The molecule has 0 aliphatic heterocycles. The summed E-state index contributed by atoms with van der Waals surface area (Å²) in [7, 11) is 0. The summed E-state index contributed by atoms with van der Waals surface area (Å²) in [5, 5.41) is 11.3. The predicted octanol–water partition coefficient (Wildman–Crippen LogP) is 1.38. The van der Waals surface area contributed by atoms with Gasteiger partial charge in [-0.3, -0.25) is 10.1 Å². The fourth-order valence-electron chi connectivity index (χ4n) is 1.57. The average molecular weight is 267 g/mol. The molecule has 2 aromatic rings. The van der Waals surface area contributed by atoms with E-state index in [1.165, 1.54) is 0 Å². The third-order valence-corrected chi connectivity index (χ3v) is 2.59. The molecule has 0 atom stereocenters. The van der Waals surface area contributed by atoms with Crippen LogP contribution in [0.4, 0.5) is 5.95 Å². The highest BCUT2D eigenvalue weighted by Gasteiger charge is 2.08. The number of amides is 1. The van der Waals surface area contributed by atoms with Gasteiger partial charge in [0.25, 0.3) is 5.91 Å². The zero-order valence-corrected chi connectivity index (χ0v) is 10.9. The first kappa shape index (κ1) is 13.7. The molecule has 1 heterocycles. The number of nitrogens with zero attached hydrogens (tertiary/aromatic N) is 2. The molecule has 0 aliphatic carbocycles. The molecule has 0 radical (unpaired) electrons. The molecule has 1 amide bonds. The zero-order valence-electron chi connectivity index (χ0n) is 10.9. The van der Waals surface area contributed by atoms with E-state index < -0.39 is 0 Å². The Morgan fingerprint density at radius 2 is 2.10 bits per heavy atom. The van der Waals surface area contributed by atoms with Gasteiger partial charge in [-0.05, 0) is 30.7 Å². The molecule has 0 unspecified atom stereocenters. The summed E-state index contributed by atoms with van der Waals surface area (Å²) in [5.41, 5.74) is 2.12. The van der Waals surface area contributed by atoms with Crippen LogP contribution in [-0.4, -0.2) is 27.6 Å². The zero-order chi connectivity index (χ0) is 14.4. The van der Waals surface area contributed by atoms with Crippen molar-refractivity contribution in [2.75, 3.05) is 11.9 Å². The molecule has 5 heteroatoms. The Labute approximate surface area is 116 Å². The molecule has 1 aromatic heterocycles. The second-order valence-corrected chi connectivity index (χ2v) is 4.02. The summed E-state index contributed by atoms with van der Waals surface area (Å²) < 4.78 is 0. The first-order chi connectivity index (χ1) is 9.70. The van der Waals surface area contributed by atoms with Crippen LogP contribution < -0.4 is 5.32 Å². The van der Waals surface area contributed by atoms with Gasteiger partial charge in [0.2, 0.25) is 5.95 Å². The van der Waals surface area contributed by atoms with Crippen LogP contribution in [0.3, 0.4) is 0 Å². The van der Waals surface area contributed by atoms with Gasteiger partial charge < -0.3 is 5.11 Å². The Kier molecular flexibility index (Phi) is 4.43. The van der Waals surface area contributed by atoms with Crippen molar-refractivity contribution in [3.8, 4) is 11.8 Å². The summed E-state index contributed by atoms with van der Waals surface area (Å²) in [4.78, 5) is 19.9. The number of aliphatic hydroxyl groups is 1. The number of carbonyl (C=O) groups is 1. The minimum absolute atomic E-state index is 0.215. The Bertz CT molecular complexity index is 673. The molecule has 20 heavy (non-hydrogen) atoms. The number of nitrogens with one attached hydrogen (secondary N) is 1. The maximum Gasteiger partial charge on any atom is 0.258 e. The van der Waals surface area contributed by atoms with Crippen LogP contribution in [0.5, 0.6) is 0 Å². The molecule has 2 N–H and O–H groups in total. The summed E-state index contributed by atoms with van der Waals surface area (Å²) in [5.74, 6) is 5.33. The van der Waals surface area contributed by atoms with Gasteiger partial charge >= 0.3 is 0 Å². The summed E-state index contributed by atoms with van der Waals surface area (Å²) in [6, 6.07) is 6.86. The van der Waals surface area contributed by atoms with Crippen LogP contribution in [0, 0.1) is 18.8 Å². The third kappa shape index (κ3) is 3.40. The number of aryl methyl sites for hydroxylation is 1. The van der Waals surface area contributed by atoms with Crippen LogP contribution in [0.1, 0.15) is 21.5 Å². The molecular weight excluding hydrogens is 254 g/mol. The standard InChI is InChI=1S/C15H13N3O2/c1-11-5-6-13(10-12(11)4-2-9-19)14(20)18-15-16-7-3-8-17-15/h3,5-8,10,19H,9H2,1H3,(H,16,17,18,20). The average Bonchev–Trinajstić information content (AvgIpc) is 2.47. The summed E-state index contributed by atoms with van der Waals surface area (Å²) >= 11 is 0. The number of hydrogen-bond donors (Lipinski definition) is 2. The van der Waals surface area contributed by atoms with Crippen molar-refractivity contribution in [1.29, 1.82) is 0 Å². The van der Waals surface area contributed by atoms with Crippen molar-refractivity contribution in [3.63, 3.8) is 0 Å². The van der Waals surface area contributed by atoms with Crippen LogP contribution in [0.15, 0.2) is 36.7 Å². The lowest BCUT2D eigenvalue weighted by molar-refractivity contribution is 0.102. The van der Waals surface area contributed by atoms with Crippen molar-refractivity contribution in [2.24, 2.45) is 0 Å². The number of rotatable bonds is 2. The van der Waals surface area contributed by atoms with Gasteiger partial charge in [0, 0.05) is 23.5 Å². The van der Waals surface area contributed by atoms with Gasteiger partial charge in [-0.2, -0.15) is 0 Å². The minimum Gasteiger partial charge on any atom is -0.384 e. The maximum absolute atomic E-state index is 12.1. The Morgan fingerprint density at radius 3 is 2.80 bits per heavy atom. The topological polar surface area (TPSA) is 75.1 Å². The van der Waals surface area contributed by atoms with Gasteiger partial charge in [0.1, 0.15) is 6.61 Å². The van der Waals surface area contributed by atoms with Gasteiger partial charge in [-0.15, -0.1) is 0 Å². The minimum atomic E-state index is -0.303. The monoisotopic (exact) mass is 267 g/mol. The normalized spacial score (nSPS) is 9.50. The van der Waals surface area contributed by atoms with E-state index in [0.717, 1.165) is 5.56 Å². The number of benzene rings is 1. The Hall–Kier alpha value is -2.71. The van der Waals surface area contributed by atoms with Crippen molar-refractivity contribution < 1.29 is 9.90 Å². The molecule has 5 nitrogen and oxygen atoms in total.